The average molecular weight is 598 g/mol. The summed E-state index contributed by atoms with van der Waals surface area (Å²) in [4.78, 5) is 48.1. The summed E-state index contributed by atoms with van der Waals surface area (Å²) in [6.07, 6.45) is -2.76. The molecule has 0 radical (unpaired) electrons. The number of halogens is 3. The van der Waals surface area contributed by atoms with Crippen LogP contribution in [0.3, 0.4) is 0 Å². The second kappa shape index (κ2) is 12.5. The lowest BCUT2D eigenvalue weighted by molar-refractivity contribution is -0.140. The number of nitrogens with one attached hydrogen (secondary N) is 2. The van der Waals surface area contributed by atoms with Crippen LogP contribution in [0.15, 0.2) is 23.8 Å². The molecule has 3 rings (SSSR count). The lowest BCUT2D eigenvalue weighted by Gasteiger charge is -2.20. The van der Waals surface area contributed by atoms with Gasteiger partial charge < -0.3 is 25.0 Å². The molecule has 0 aromatic carbocycles. The Labute approximate surface area is 235 Å². The Morgan fingerprint density at radius 3 is 2.29 bits per heavy atom. The number of aromatic carboxylic acids is 2. The minimum absolute atomic E-state index is 0.0511. The van der Waals surface area contributed by atoms with Gasteiger partial charge in [-0.25, -0.2) is 29.3 Å². The molecule has 3 aromatic rings. The lowest BCUT2D eigenvalue weighted by atomic mass is 9.97. The third-order valence-corrected chi connectivity index (χ3v) is 5.98. The topological polar surface area (TPSA) is 173 Å². The number of hydrogen-bond acceptors (Lipinski definition) is 9. The van der Waals surface area contributed by atoms with E-state index in [9.17, 15) is 37.8 Å². The second-order valence-electron chi connectivity index (χ2n) is 9.29. The number of pyridine rings is 2. The van der Waals surface area contributed by atoms with E-state index < -0.39 is 46.8 Å². The smallest absolute Gasteiger partial charge is 0.434 e. The molecule has 220 valence electrons. The highest BCUT2D eigenvalue weighted by Crippen LogP contribution is 2.43. The number of carbonyl (C=O) groups is 3. The van der Waals surface area contributed by atoms with E-state index in [1.807, 2.05) is 20.8 Å². The van der Waals surface area contributed by atoms with Crippen LogP contribution in [0.2, 0.25) is 0 Å². The second-order valence-corrected chi connectivity index (χ2v) is 10.1. The quantitative estimate of drug-likeness (QED) is 0.233. The first-order valence-electron chi connectivity index (χ1n) is 12.0. The van der Waals surface area contributed by atoms with Crippen molar-refractivity contribution in [2.75, 3.05) is 25.1 Å². The molecule has 0 saturated carbocycles. The van der Waals surface area contributed by atoms with Crippen LogP contribution in [0, 0.1) is 0 Å². The summed E-state index contributed by atoms with van der Waals surface area (Å²) in [5.74, 6) is -3.66. The SMILES string of the molecule is CCNC(=O)Nc1ncc(-c2cc(C(=O)O)cnc2OCCOC(C)(C)C)c(-c2nc(C(F)(F)F)cs2)c1C(=O)O. The summed E-state index contributed by atoms with van der Waals surface area (Å²) in [5.41, 5.74) is -3.36. The number of amides is 2. The van der Waals surface area contributed by atoms with Crippen molar-refractivity contribution in [2.24, 2.45) is 0 Å². The number of thiazole rings is 1. The van der Waals surface area contributed by atoms with E-state index >= 15 is 0 Å². The molecule has 0 spiro atoms. The first-order chi connectivity index (χ1) is 19.1. The van der Waals surface area contributed by atoms with Gasteiger partial charge in [-0.05, 0) is 33.8 Å². The first kappa shape index (κ1) is 31.2. The highest BCUT2D eigenvalue weighted by Gasteiger charge is 2.35. The Balaban J connectivity index is 2.29. The zero-order valence-electron chi connectivity index (χ0n) is 22.3. The van der Waals surface area contributed by atoms with Gasteiger partial charge in [-0.1, -0.05) is 0 Å². The molecule has 2 amide bonds. The van der Waals surface area contributed by atoms with Crippen LogP contribution < -0.4 is 15.4 Å². The van der Waals surface area contributed by atoms with E-state index in [2.05, 4.69) is 25.6 Å². The number of hydrogen-bond donors (Lipinski definition) is 4. The van der Waals surface area contributed by atoms with Crippen LogP contribution in [0.25, 0.3) is 21.7 Å². The number of carbonyl (C=O) groups excluding carboxylic acids is 1. The number of nitrogens with zero attached hydrogens (tertiary/aromatic N) is 3. The van der Waals surface area contributed by atoms with Crippen molar-refractivity contribution in [3.63, 3.8) is 0 Å². The summed E-state index contributed by atoms with van der Waals surface area (Å²) in [6.45, 7) is 7.33. The van der Waals surface area contributed by atoms with Gasteiger partial charge in [0.15, 0.2) is 5.69 Å². The van der Waals surface area contributed by atoms with E-state index in [-0.39, 0.29) is 52.9 Å². The molecule has 0 aliphatic carbocycles. The monoisotopic (exact) mass is 597 g/mol. The third kappa shape index (κ3) is 7.88. The number of carboxylic acids is 2. The molecule has 0 unspecified atom stereocenters. The van der Waals surface area contributed by atoms with Crippen LogP contribution in [0.4, 0.5) is 23.8 Å². The fourth-order valence-electron chi connectivity index (χ4n) is 3.44. The van der Waals surface area contributed by atoms with Crippen molar-refractivity contribution >= 4 is 35.1 Å². The van der Waals surface area contributed by atoms with Crippen molar-refractivity contribution in [2.45, 2.75) is 39.5 Å². The molecular weight excluding hydrogens is 571 g/mol. The maximum Gasteiger partial charge on any atom is 0.434 e. The number of alkyl halides is 3. The minimum Gasteiger partial charge on any atom is -0.478 e. The fourth-order valence-corrected chi connectivity index (χ4v) is 4.33. The van der Waals surface area contributed by atoms with Crippen molar-refractivity contribution in [3.8, 4) is 27.6 Å². The van der Waals surface area contributed by atoms with Gasteiger partial charge in [-0.3, -0.25) is 5.32 Å². The summed E-state index contributed by atoms with van der Waals surface area (Å²) in [7, 11) is 0. The van der Waals surface area contributed by atoms with Crippen molar-refractivity contribution in [1.29, 1.82) is 0 Å². The molecule has 3 heterocycles. The van der Waals surface area contributed by atoms with E-state index in [0.29, 0.717) is 16.7 Å². The van der Waals surface area contributed by atoms with Gasteiger partial charge in [0.25, 0.3) is 0 Å². The van der Waals surface area contributed by atoms with Crippen molar-refractivity contribution in [3.05, 3.63) is 40.7 Å². The molecule has 0 aliphatic heterocycles. The Bertz CT molecular complexity index is 1450. The molecule has 12 nitrogen and oxygen atoms in total. The van der Waals surface area contributed by atoms with Crippen molar-refractivity contribution in [1.82, 2.24) is 20.3 Å². The van der Waals surface area contributed by atoms with Crippen LogP contribution >= 0.6 is 11.3 Å². The normalized spacial score (nSPS) is 11.7. The molecule has 3 aromatic heterocycles. The van der Waals surface area contributed by atoms with Gasteiger partial charge in [0, 0.05) is 41.0 Å². The van der Waals surface area contributed by atoms with Gasteiger partial charge in [-0.15, -0.1) is 11.3 Å². The first-order valence-corrected chi connectivity index (χ1v) is 12.8. The van der Waals surface area contributed by atoms with Crippen molar-refractivity contribution < 1.29 is 47.2 Å². The highest BCUT2D eigenvalue weighted by atomic mass is 32.1. The molecule has 41 heavy (non-hydrogen) atoms. The standard InChI is InChI=1S/C25H26F3N5O7S/c1-5-29-23(38)33-18-17(22(36)37)16(20-32-15(11-41-20)25(26,27)28)14(10-30-18)13-8-12(21(34)35)9-31-19(13)39-6-7-40-24(2,3)4/h8-11H,5-7H2,1-4H3,(H,34,35)(H,36,37)(H2,29,30,33,38). The molecule has 0 bridgehead atoms. The molecule has 0 atom stereocenters. The van der Waals surface area contributed by atoms with Crippen LogP contribution in [-0.4, -0.2) is 68.5 Å². The van der Waals surface area contributed by atoms with Crippen LogP contribution in [0.5, 0.6) is 5.88 Å². The van der Waals surface area contributed by atoms with Crippen LogP contribution in [-0.2, 0) is 10.9 Å². The Kier molecular flexibility index (Phi) is 9.49. The third-order valence-electron chi connectivity index (χ3n) is 5.12. The number of rotatable bonds is 10. The predicted molar refractivity (Wildman–Crippen MR) is 141 cm³/mol. The predicted octanol–water partition coefficient (Wildman–Crippen LogP) is 5.02. The van der Waals surface area contributed by atoms with E-state index in [4.69, 9.17) is 9.47 Å². The van der Waals surface area contributed by atoms with Crippen LogP contribution in [0.1, 0.15) is 54.1 Å². The number of ether oxygens (including phenoxy) is 2. The molecule has 0 fully saturated rings. The maximum atomic E-state index is 13.4. The Morgan fingerprint density at radius 1 is 1.02 bits per heavy atom. The molecule has 0 saturated heterocycles. The zero-order valence-corrected chi connectivity index (χ0v) is 23.1. The summed E-state index contributed by atoms with van der Waals surface area (Å²) in [6, 6.07) is 0.310. The number of carboxylic acid groups (broad SMARTS) is 2. The maximum absolute atomic E-state index is 13.4. The zero-order chi connectivity index (χ0) is 30.5. The number of aromatic nitrogens is 3. The minimum atomic E-state index is -4.83. The largest absolute Gasteiger partial charge is 0.478 e. The number of urea groups is 1. The summed E-state index contributed by atoms with van der Waals surface area (Å²) >= 11 is 0.500. The van der Waals surface area contributed by atoms with Gasteiger partial charge in [0.05, 0.1) is 17.8 Å². The molecule has 4 N–H and O–H groups in total. The lowest BCUT2D eigenvalue weighted by Crippen LogP contribution is -2.29. The average Bonchev–Trinajstić information content (AvgIpc) is 3.36. The summed E-state index contributed by atoms with van der Waals surface area (Å²) < 4.78 is 51.7. The van der Waals surface area contributed by atoms with E-state index in [1.54, 1.807) is 6.92 Å². The highest BCUT2D eigenvalue weighted by molar-refractivity contribution is 7.13. The van der Waals surface area contributed by atoms with E-state index in [1.165, 1.54) is 0 Å². The molecular formula is C25H26F3N5O7S. The number of anilines is 1. The van der Waals surface area contributed by atoms with Gasteiger partial charge in [-0.2, -0.15) is 13.2 Å². The fraction of sp³-hybridized carbons (Fsp3) is 0.360. The summed E-state index contributed by atoms with van der Waals surface area (Å²) in [5, 5.41) is 24.7. The van der Waals surface area contributed by atoms with Gasteiger partial charge in [0.2, 0.25) is 5.88 Å². The Hall–Kier alpha value is -4.31. The van der Waals surface area contributed by atoms with Gasteiger partial charge in [0.1, 0.15) is 23.0 Å². The van der Waals surface area contributed by atoms with E-state index in [0.717, 1.165) is 18.5 Å². The molecule has 16 heteroatoms. The van der Waals surface area contributed by atoms with Gasteiger partial charge >= 0.3 is 24.1 Å². The molecule has 0 aliphatic rings. The Morgan fingerprint density at radius 2 is 1.73 bits per heavy atom.